The van der Waals surface area contributed by atoms with Gasteiger partial charge in [-0.3, -0.25) is 9.59 Å². The van der Waals surface area contributed by atoms with Crippen LogP contribution in [0.2, 0.25) is 10.2 Å². The second kappa shape index (κ2) is 6.77. The van der Waals surface area contributed by atoms with Crippen molar-refractivity contribution in [3.8, 4) is 0 Å². The van der Waals surface area contributed by atoms with E-state index >= 15 is 0 Å². The lowest BCUT2D eigenvalue weighted by Crippen LogP contribution is -2.14. The monoisotopic (exact) mass is 337 g/mol. The van der Waals surface area contributed by atoms with Crippen molar-refractivity contribution in [2.75, 3.05) is 10.6 Å². The second-order valence-electron chi connectivity index (χ2n) is 4.61. The maximum absolute atomic E-state index is 12.2. The fraction of sp³-hybridized carbons (Fsp3) is 0.133. The fourth-order valence-electron chi connectivity index (χ4n) is 1.84. The van der Waals surface area contributed by atoms with Gasteiger partial charge in [0, 0.05) is 24.5 Å². The van der Waals surface area contributed by atoms with Crippen molar-refractivity contribution in [1.82, 2.24) is 4.98 Å². The minimum Gasteiger partial charge on any atom is -0.326 e. The number of rotatable bonds is 3. The molecule has 0 aliphatic heterocycles. The Kier molecular flexibility index (Phi) is 5.00. The number of halogens is 2. The van der Waals surface area contributed by atoms with Crippen molar-refractivity contribution >= 4 is 46.4 Å². The molecule has 2 amide bonds. The first-order chi connectivity index (χ1) is 10.4. The van der Waals surface area contributed by atoms with E-state index in [1.54, 1.807) is 25.1 Å². The van der Waals surface area contributed by atoms with Gasteiger partial charge in [0.05, 0.1) is 10.6 Å². The predicted molar refractivity (Wildman–Crippen MR) is 87.7 cm³/mol. The van der Waals surface area contributed by atoms with Crippen molar-refractivity contribution in [2.24, 2.45) is 0 Å². The molecule has 2 N–H and O–H groups in total. The summed E-state index contributed by atoms with van der Waals surface area (Å²) in [7, 11) is 0. The highest BCUT2D eigenvalue weighted by Crippen LogP contribution is 2.25. The summed E-state index contributed by atoms with van der Waals surface area (Å²) < 4.78 is 0. The number of anilines is 2. The lowest BCUT2D eigenvalue weighted by Gasteiger charge is -2.12. The van der Waals surface area contributed by atoms with Gasteiger partial charge in [0.2, 0.25) is 5.91 Å². The zero-order chi connectivity index (χ0) is 16.3. The minimum atomic E-state index is -0.367. The molecule has 0 unspecified atom stereocenters. The van der Waals surface area contributed by atoms with Crippen LogP contribution in [-0.2, 0) is 4.79 Å². The van der Waals surface area contributed by atoms with E-state index in [1.165, 1.54) is 19.2 Å². The van der Waals surface area contributed by atoms with Crippen molar-refractivity contribution in [3.05, 3.63) is 51.8 Å². The molecule has 2 aromatic rings. The van der Waals surface area contributed by atoms with Crippen LogP contribution in [0.3, 0.4) is 0 Å². The lowest BCUT2D eigenvalue weighted by atomic mass is 10.1. The zero-order valence-corrected chi connectivity index (χ0v) is 13.4. The quantitative estimate of drug-likeness (QED) is 0.834. The number of carbonyl (C=O) groups is 2. The Labute approximate surface area is 137 Å². The van der Waals surface area contributed by atoms with E-state index in [1.807, 2.05) is 0 Å². The molecule has 0 radical (unpaired) electrons. The molecule has 0 saturated carbocycles. The summed E-state index contributed by atoms with van der Waals surface area (Å²) in [5.74, 6) is -0.547. The highest BCUT2D eigenvalue weighted by atomic mass is 35.5. The van der Waals surface area contributed by atoms with E-state index in [2.05, 4.69) is 15.6 Å². The van der Waals surface area contributed by atoms with Crippen LogP contribution in [0, 0.1) is 6.92 Å². The van der Waals surface area contributed by atoms with Crippen LogP contribution in [0.4, 0.5) is 11.4 Å². The van der Waals surface area contributed by atoms with Crippen LogP contribution in [-0.4, -0.2) is 16.8 Å². The molecule has 1 aromatic carbocycles. The summed E-state index contributed by atoms with van der Waals surface area (Å²) in [6.07, 6.45) is 1.34. The molecule has 7 heteroatoms. The Morgan fingerprint density at radius 1 is 1.14 bits per heavy atom. The summed E-state index contributed by atoms with van der Waals surface area (Å²) in [5, 5.41) is 5.80. The molecule has 0 spiro atoms. The Balaban J connectivity index is 2.24. The van der Waals surface area contributed by atoms with Crippen LogP contribution in [0.25, 0.3) is 0 Å². The van der Waals surface area contributed by atoms with Crippen LogP contribution in [0.15, 0.2) is 30.5 Å². The third-order valence-electron chi connectivity index (χ3n) is 2.95. The standard InChI is InChI=1S/C15H13Cl2N3O2/c1-8-12(19-9(2)21)4-3-5-13(8)20-15(22)10-6-11(16)14(17)18-7-10/h3-7H,1-2H3,(H,19,21)(H,20,22). The Morgan fingerprint density at radius 2 is 1.77 bits per heavy atom. The first-order valence-electron chi connectivity index (χ1n) is 6.38. The topological polar surface area (TPSA) is 71.1 Å². The normalized spacial score (nSPS) is 10.2. The van der Waals surface area contributed by atoms with Gasteiger partial charge in [-0.1, -0.05) is 29.3 Å². The van der Waals surface area contributed by atoms with E-state index in [9.17, 15) is 9.59 Å². The largest absolute Gasteiger partial charge is 0.326 e. The van der Waals surface area contributed by atoms with Gasteiger partial charge in [-0.2, -0.15) is 0 Å². The predicted octanol–water partition coefficient (Wildman–Crippen LogP) is 3.91. The van der Waals surface area contributed by atoms with Crippen LogP contribution < -0.4 is 10.6 Å². The van der Waals surface area contributed by atoms with Crippen molar-refractivity contribution in [1.29, 1.82) is 0 Å². The smallest absolute Gasteiger partial charge is 0.257 e. The molecular formula is C15H13Cl2N3O2. The number of pyridine rings is 1. The number of amides is 2. The number of nitrogens with one attached hydrogen (secondary N) is 2. The lowest BCUT2D eigenvalue weighted by molar-refractivity contribution is -0.114. The molecular weight excluding hydrogens is 325 g/mol. The van der Waals surface area contributed by atoms with Crippen LogP contribution in [0.5, 0.6) is 0 Å². The molecule has 5 nitrogen and oxygen atoms in total. The summed E-state index contributed by atoms with van der Waals surface area (Å²) in [4.78, 5) is 27.2. The van der Waals surface area contributed by atoms with Gasteiger partial charge in [0.25, 0.3) is 5.91 Å². The minimum absolute atomic E-state index is 0.141. The number of aromatic nitrogens is 1. The van der Waals surface area contributed by atoms with Gasteiger partial charge in [-0.15, -0.1) is 0 Å². The Bertz CT molecular complexity index is 748. The SMILES string of the molecule is CC(=O)Nc1cccc(NC(=O)c2cnc(Cl)c(Cl)c2)c1C. The number of hydrogen-bond acceptors (Lipinski definition) is 3. The molecule has 1 heterocycles. The number of carbonyl (C=O) groups excluding carboxylic acids is 2. The summed E-state index contributed by atoms with van der Waals surface area (Å²) >= 11 is 11.6. The van der Waals surface area contributed by atoms with Crippen molar-refractivity contribution < 1.29 is 9.59 Å². The molecule has 0 aliphatic rings. The first-order valence-corrected chi connectivity index (χ1v) is 7.13. The fourth-order valence-corrected chi connectivity index (χ4v) is 2.11. The number of nitrogens with zero attached hydrogens (tertiary/aromatic N) is 1. The molecule has 0 aliphatic carbocycles. The van der Waals surface area contributed by atoms with E-state index in [0.29, 0.717) is 16.9 Å². The van der Waals surface area contributed by atoms with Gasteiger partial charge in [0.1, 0.15) is 5.15 Å². The third kappa shape index (κ3) is 3.75. The van der Waals surface area contributed by atoms with Gasteiger partial charge < -0.3 is 10.6 Å². The van der Waals surface area contributed by atoms with E-state index in [-0.39, 0.29) is 22.0 Å². The van der Waals surface area contributed by atoms with Crippen molar-refractivity contribution in [3.63, 3.8) is 0 Å². The highest BCUT2D eigenvalue weighted by molar-refractivity contribution is 6.41. The van der Waals surface area contributed by atoms with Crippen LogP contribution in [0.1, 0.15) is 22.8 Å². The number of hydrogen-bond donors (Lipinski definition) is 2. The van der Waals surface area contributed by atoms with E-state index in [0.717, 1.165) is 5.56 Å². The summed E-state index contributed by atoms with van der Waals surface area (Å²) in [6.45, 7) is 3.22. The Morgan fingerprint density at radius 3 is 2.36 bits per heavy atom. The Hall–Kier alpha value is -2.11. The maximum atomic E-state index is 12.2. The first kappa shape index (κ1) is 16.3. The van der Waals surface area contributed by atoms with E-state index in [4.69, 9.17) is 23.2 Å². The molecule has 2 rings (SSSR count). The molecule has 22 heavy (non-hydrogen) atoms. The number of benzene rings is 1. The third-order valence-corrected chi connectivity index (χ3v) is 3.64. The van der Waals surface area contributed by atoms with Crippen molar-refractivity contribution in [2.45, 2.75) is 13.8 Å². The average Bonchev–Trinajstić information content (AvgIpc) is 2.45. The molecule has 0 saturated heterocycles. The zero-order valence-electron chi connectivity index (χ0n) is 11.9. The van der Waals surface area contributed by atoms with Gasteiger partial charge in [0.15, 0.2) is 0 Å². The van der Waals surface area contributed by atoms with E-state index < -0.39 is 0 Å². The summed E-state index contributed by atoms with van der Waals surface area (Å²) in [5.41, 5.74) is 2.26. The molecule has 0 fully saturated rings. The van der Waals surface area contributed by atoms with Crippen LogP contribution >= 0.6 is 23.2 Å². The van der Waals surface area contributed by atoms with Gasteiger partial charge >= 0.3 is 0 Å². The molecule has 1 aromatic heterocycles. The highest BCUT2D eigenvalue weighted by Gasteiger charge is 2.12. The average molecular weight is 338 g/mol. The second-order valence-corrected chi connectivity index (χ2v) is 5.38. The van der Waals surface area contributed by atoms with Gasteiger partial charge in [-0.25, -0.2) is 4.98 Å². The molecule has 0 bridgehead atoms. The maximum Gasteiger partial charge on any atom is 0.257 e. The molecule has 0 atom stereocenters. The molecule has 114 valence electrons. The van der Waals surface area contributed by atoms with Gasteiger partial charge in [-0.05, 0) is 30.7 Å². The summed E-state index contributed by atoms with van der Waals surface area (Å²) in [6, 6.07) is 6.68.